The van der Waals surface area contributed by atoms with Crippen molar-refractivity contribution < 1.29 is 9.59 Å². The van der Waals surface area contributed by atoms with Gasteiger partial charge >= 0.3 is 0 Å². The molecule has 0 unspecified atom stereocenters. The highest BCUT2D eigenvalue weighted by molar-refractivity contribution is 7.99. The molecule has 0 bridgehead atoms. The maximum atomic E-state index is 12.3. The Bertz CT molecular complexity index is 1140. The molecule has 1 aromatic heterocycles. The first kappa shape index (κ1) is 23.4. The maximum absolute atomic E-state index is 12.3. The molecule has 0 aliphatic carbocycles. The van der Waals surface area contributed by atoms with Crippen LogP contribution in [0.25, 0.3) is 0 Å². The third-order valence-corrected chi connectivity index (χ3v) is 6.40. The summed E-state index contributed by atoms with van der Waals surface area (Å²) in [6.45, 7) is 1.89. The van der Waals surface area contributed by atoms with Gasteiger partial charge in [-0.1, -0.05) is 52.6 Å². The van der Waals surface area contributed by atoms with E-state index in [1.54, 1.807) is 41.9 Å². The summed E-state index contributed by atoms with van der Waals surface area (Å²) in [5, 5.41) is 15.5. The first-order valence-corrected chi connectivity index (χ1v) is 11.2. The van der Waals surface area contributed by atoms with Crippen molar-refractivity contribution in [1.29, 1.82) is 0 Å². The van der Waals surface area contributed by atoms with Gasteiger partial charge in [0.05, 0.1) is 22.2 Å². The fourth-order valence-electron chi connectivity index (χ4n) is 2.55. The van der Waals surface area contributed by atoms with Crippen molar-refractivity contribution in [3.8, 4) is 0 Å². The second-order valence-corrected chi connectivity index (χ2v) is 8.78. The van der Waals surface area contributed by atoms with Crippen molar-refractivity contribution in [2.45, 2.75) is 18.5 Å². The van der Waals surface area contributed by atoms with Gasteiger partial charge in [0.15, 0.2) is 5.16 Å². The molecule has 2 amide bonds. The molecule has 0 aliphatic rings. The molecule has 0 spiro atoms. The smallest absolute Gasteiger partial charge is 0.234 e. The van der Waals surface area contributed by atoms with Gasteiger partial charge in [0.2, 0.25) is 11.8 Å². The number of amides is 2. The molecule has 2 aromatic carbocycles. The van der Waals surface area contributed by atoms with Crippen molar-refractivity contribution in [3.63, 3.8) is 0 Å². The average molecular weight is 499 g/mol. The SMILES string of the molecule is Cc1ccc(NC(=O)Cc2nnc(SCC(=O)Nc3ccc(Cl)c(Cl)c3)n2C)cc1Cl. The van der Waals surface area contributed by atoms with E-state index in [0.717, 1.165) is 5.56 Å². The minimum atomic E-state index is -0.246. The first-order valence-electron chi connectivity index (χ1n) is 9.05. The van der Waals surface area contributed by atoms with Gasteiger partial charge < -0.3 is 15.2 Å². The highest BCUT2D eigenvalue weighted by Crippen LogP contribution is 2.25. The normalized spacial score (nSPS) is 10.7. The van der Waals surface area contributed by atoms with Crippen molar-refractivity contribution in [1.82, 2.24) is 14.8 Å². The van der Waals surface area contributed by atoms with Crippen LogP contribution in [0.3, 0.4) is 0 Å². The number of nitrogens with zero attached hydrogens (tertiary/aromatic N) is 3. The quantitative estimate of drug-likeness (QED) is 0.448. The number of hydrogen-bond acceptors (Lipinski definition) is 5. The lowest BCUT2D eigenvalue weighted by Gasteiger charge is -2.08. The van der Waals surface area contributed by atoms with Gasteiger partial charge in [-0.2, -0.15) is 0 Å². The summed E-state index contributed by atoms with van der Waals surface area (Å²) < 4.78 is 1.68. The number of carbonyl (C=O) groups is 2. The van der Waals surface area contributed by atoms with Crippen LogP contribution in [0.4, 0.5) is 11.4 Å². The number of anilines is 2. The lowest BCUT2D eigenvalue weighted by molar-refractivity contribution is -0.116. The van der Waals surface area contributed by atoms with Crippen molar-refractivity contribution in [2.24, 2.45) is 7.05 Å². The molecule has 0 aliphatic heterocycles. The molecule has 0 saturated carbocycles. The molecule has 162 valence electrons. The number of aryl methyl sites for hydroxylation is 1. The summed E-state index contributed by atoms with van der Waals surface area (Å²) in [5.74, 6) is 0.106. The monoisotopic (exact) mass is 497 g/mol. The van der Waals surface area contributed by atoms with E-state index in [9.17, 15) is 9.59 Å². The van der Waals surface area contributed by atoms with Crippen LogP contribution in [0.15, 0.2) is 41.6 Å². The number of hydrogen-bond donors (Lipinski definition) is 2. The third-order valence-electron chi connectivity index (χ3n) is 4.24. The largest absolute Gasteiger partial charge is 0.326 e. The predicted molar refractivity (Wildman–Crippen MR) is 125 cm³/mol. The molecule has 1 heterocycles. The standard InChI is InChI=1S/C20H18Cl3N5O2S/c1-11-3-4-12(7-15(11)22)24-18(29)9-17-26-27-20(28(17)2)31-10-19(30)25-13-5-6-14(21)16(23)8-13/h3-8H,9-10H2,1-2H3,(H,24,29)(H,25,30). The van der Waals surface area contributed by atoms with E-state index in [0.29, 0.717) is 37.4 Å². The molecule has 3 rings (SSSR count). The number of aromatic nitrogens is 3. The van der Waals surface area contributed by atoms with Crippen molar-refractivity contribution in [2.75, 3.05) is 16.4 Å². The summed E-state index contributed by atoms with van der Waals surface area (Å²) in [6, 6.07) is 10.2. The van der Waals surface area contributed by atoms with E-state index in [1.165, 1.54) is 11.8 Å². The molecule has 0 atom stereocenters. The molecular formula is C20H18Cl3N5O2S. The summed E-state index contributed by atoms with van der Waals surface area (Å²) >= 11 is 19.1. The summed E-state index contributed by atoms with van der Waals surface area (Å²) in [4.78, 5) is 24.5. The number of carbonyl (C=O) groups excluding carboxylic acids is 2. The molecule has 0 saturated heterocycles. The summed E-state index contributed by atoms with van der Waals surface area (Å²) in [5.41, 5.74) is 2.08. The Hall–Kier alpha value is -2.26. The van der Waals surface area contributed by atoms with Gasteiger partial charge in [-0.3, -0.25) is 9.59 Å². The number of halogens is 3. The van der Waals surface area contributed by atoms with E-state index < -0.39 is 0 Å². The zero-order chi connectivity index (χ0) is 22.5. The molecule has 0 fully saturated rings. The van der Waals surface area contributed by atoms with Crippen LogP contribution in [0, 0.1) is 6.92 Å². The number of benzene rings is 2. The fourth-order valence-corrected chi connectivity index (χ4v) is 3.75. The van der Waals surface area contributed by atoms with Crippen molar-refractivity contribution in [3.05, 3.63) is 62.9 Å². The van der Waals surface area contributed by atoms with Gasteiger partial charge in [0.25, 0.3) is 0 Å². The number of nitrogens with one attached hydrogen (secondary N) is 2. The van der Waals surface area contributed by atoms with Crippen molar-refractivity contribution >= 4 is 69.8 Å². The molecule has 31 heavy (non-hydrogen) atoms. The Kier molecular flexibility index (Phi) is 7.83. The molecule has 0 radical (unpaired) electrons. The van der Waals surface area contributed by atoms with Gasteiger partial charge in [0, 0.05) is 23.4 Å². The molecule has 3 aromatic rings. The Balaban J connectivity index is 1.54. The van der Waals surface area contributed by atoms with Gasteiger partial charge in [-0.25, -0.2) is 0 Å². The minimum absolute atomic E-state index is 0.0328. The predicted octanol–water partition coefficient (Wildman–Crippen LogP) is 5.00. The van der Waals surface area contributed by atoms with Crippen LogP contribution in [-0.4, -0.2) is 32.3 Å². The Morgan fingerprint density at radius 2 is 1.58 bits per heavy atom. The van der Waals surface area contributed by atoms with Crippen LogP contribution < -0.4 is 10.6 Å². The number of rotatable bonds is 7. The fraction of sp³-hybridized carbons (Fsp3) is 0.200. The maximum Gasteiger partial charge on any atom is 0.234 e. The van der Waals surface area contributed by atoms with E-state index in [-0.39, 0.29) is 24.0 Å². The zero-order valence-corrected chi connectivity index (χ0v) is 19.7. The van der Waals surface area contributed by atoms with Crippen LogP contribution in [0.5, 0.6) is 0 Å². The highest BCUT2D eigenvalue weighted by atomic mass is 35.5. The van der Waals surface area contributed by atoms with E-state index in [1.807, 2.05) is 13.0 Å². The first-order chi connectivity index (χ1) is 14.7. The van der Waals surface area contributed by atoms with Crippen LogP contribution in [0.1, 0.15) is 11.4 Å². The van der Waals surface area contributed by atoms with E-state index in [2.05, 4.69) is 20.8 Å². The second-order valence-electron chi connectivity index (χ2n) is 6.61. The molecule has 7 nitrogen and oxygen atoms in total. The molecular weight excluding hydrogens is 481 g/mol. The van der Waals surface area contributed by atoms with Gasteiger partial charge in [-0.15, -0.1) is 10.2 Å². The topological polar surface area (TPSA) is 88.9 Å². The summed E-state index contributed by atoms with van der Waals surface area (Å²) in [6.07, 6.45) is 0.0328. The van der Waals surface area contributed by atoms with E-state index in [4.69, 9.17) is 34.8 Å². The van der Waals surface area contributed by atoms with E-state index >= 15 is 0 Å². The third kappa shape index (κ3) is 6.36. The Morgan fingerprint density at radius 1 is 0.935 bits per heavy atom. The van der Waals surface area contributed by atoms with Crippen LogP contribution >= 0.6 is 46.6 Å². The lowest BCUT2D eigenvalue weighted by Crippen LogP contribution is -2.17. The van der Waals surface area contributed by atoms with Crippen LogP contribution in [0.2, 0.25) is 15.1 Å². The zero-order valence-electron chi connectivity index (χ0n) is 16.6. The Morgan fingerprint density at radius 3 is 2.26 bits per heavy atom. The molecule has 11 heteroatoms. The second kappa shape index (κ2) is 10.4. The minimum Gasteiger partial charge on any atom is -0.326 e. The van der Waals surface area contributed by atoms with Gasteiger partial charge in [0.1, 0.15) is 5.82 Å². The van der Waals surface area contributed by atoms with Crippen LogP contribution in [-0.2, 0) is 23.1 Å². The lowest BCUT2D eigenvalue weighted by atomic mass is 10.2. The van der Waals surface area contributed by atoms with Gasteiger partial charge in [-0.05, 0) is 42.8 Å². The molecule has 2 N–H and O–H groups in total. The number of thioether (sulfide) groups is 1. The summed E-state index contributed by atoms with van der Waals surface area (Å²) in [7, 11) is 1.74. The highest BCUT2D eigenvalue weighted by Gasteiger charge is 2.15. The average Bonchev–Trinajstić information content (AvgIpc) is 3.05. The Labute approximate surface area is 198 Å².